The van der Waals surface area contributed by atoms with Gasteiger partial charge >= 0.3 is 6.03 Å². The normalized spacial score (nSPS) is 30.1. The van der Waals surface area contributed by atoms with Gasteiger partial charge in [-0.25, -0.2) is 17.9 Å². The van der Waals surface area contributed by atoms with Gasteiger partial charge in [0.25, 0.3) is 0 Å². The quantitative estimate of drug-likeness (QED) is 0.141. The van der Waals surface area contributed by atoms with Crippen LogP contribution in [0.5, 0.6) is 0 Å². The van der Waals surface area contributed by atoms with E-state index in [1.54, 1.807) is 0 Å². The van der Waals surface area contributed by atoms with E-state index in [2.05, 4.69) is 34.2 Å². The fraction of sp³-hybridized carbons (Fsp3) is 0.967. The molecule has 2 amide bonds. The first-order valence-electron chi connectivity index (χ1n) is 16.4. The summed E-state index contributed by atoms with van der Waals surface area (Å²) >= 11 is 13.4. The molecule has 3 rings (SSSR count). The number of sulfonamides is 1. The number of unbranched alkanes of at least 4 members (excludes halogenated alkanes) is 2. The van der Waals surface area contributed by atoms with Crippen LogP contribution in [0, 0.1) is 23.7 Å². The number of halogens is 2. The highest BCUT2D eigenvalue weighted by Crippen LogP contribution is 2.48. The molecule has 252 valence electrons. The predicted octanol–water partition coefficient (Wildman–Crippen LogP) is 3.81. The number of hydrogen-bond acceptors (Lipinski definition) is 7. The van der Waals surface area contributed by atoms with E-state index < -0.39 is 10.0 Å². The summed E-state index contributed by atoms with van der Waals surface area (Å²) in [5, 5.41) is 5.43. The van der Waals surface area contributed by atoms with E-state index in [0.29, 0.717) is 89.2 Å². The molecule has 0 aromatic rings. The zero-order valence-electron chi connectivity index (χ0n) is 26.2. The predicted molar refractivity (Wildman–Crippen MR) is 173 cm³/mol. The van der Waals surface area contributed by atoms with Crippen LogP contribution < -0.4 is 15.4 Å². The van der Waals surface area contributed by atoms with Gasteiger partial charge in [0.15, 0.2) is 0 Å². The van der Waals surface area contributed by atoms with E-state index in [4.69, 9.17) is 37.4 Å². The van der Waals surface area contributed by atoms with Crippen molar-refractivity contribution in [3.05, 3.63) is 0 Å². The number of ether oxygens (including phenoxy) is 3. The number of urea groups is 1. The first-order chi connectivity index (χ1) is 20.7. The van der Waals surface area contributed by atoms with Crippen molar-refractivity contribution < 1.29 is 27.4 Å². The summed E-state index contributed by atoms with van der Waals surface area (Å²) in [6.07, 6.45) is 8.50. The van der Waals surface area contributed by atoms with Crippen LogP contribution in [0.4, 0.5) is 4.79 Å². The number of rotatable bonds is 19. The zero-order chi connectivity index (χ0) is 31.1. The number of fused-ring (bicyclic) bond motifs is 1. The number of piperidine rings is 1. The van der Waals surface area contributed by atoms with Crippen LogP contribution in [0.25, 0.3) is 0 Å². The third kappa shape index (κ3) is 13.1. The Labute approximate surface area is 270 Å². The second kappa shape index (κ2) is 20.0. The molecule has 10 nitrogen and oxygen atoms in total. The fourth-order valence-electron chi connectivity index (χ4n) is 7.07. The van der Waals surface area contributed by atoms with Crippen molar-refractivity contribution in [2.45, 2.75) is 80.7 Å². The molecule has 0 radical (unpaired) electrons. The van der Waals surface area contributed by atoms with Crippen LogP contribution in [0.3, 0.4) is 0 Å². The highest BCUT2D eigenvalue weighted by atomic mass is 35.5. The number of nitrogens with one attached hydrogen (secondary N) is 3. The summed E-state index contributed by atoms with van der Waals surface area (Å²) in [6.45, 7) is 7.89. The van der Waals surface area contributed by atoms with Gasteiger partial charge in [-0.2, -0.15) is 0 Å². The van der Waals surface area contributed by atoms with E-state index in [1.807, 2.05) is 0 Å². The number of carbonyl (C=O) groups excluding carboxylic acids is 1. The Bertz CT molecular complexity index is 904. The van der Waals surface area contributed by atoms with Gasteiger partial charge in [-0.15, -0.1) is 23.2 Å². The maximum Gasteiger partial charge on any atom is 0.314 e. The number of likely N-dealkylation sites (tertiary alicyclic amines) is 1. The molecule has 0 aromatic carbocycles. The van der Waals surface area contributed by atoms with Gasteiger partial charge < -0.3 is 29.7 Å². The lowest BCUT2D eigenvalue weighted by Crippen LogP contribution is -2.54. The standard InChI is InChI=1S/C30H56Cl2N4O6S/c1-3-4-5-9-33-30(37)34-10-12-40-14-16-42-17-15-41-13-11-35-43(38,39)25-8-6-7-23(18-25)27-21-36(2)22-28-26(27)19-24(31)20-29(28)32/h23-29,35H,3-22H2,1-2H3,(H2,33,34,37)/t23?,24?,25?,26?,27-,28?,29?/m0/s1. The van der Waals surface area contributed by atoms with E-state index >= 15 is 0 Å². The average molecular weight is 672 g/mol. The highest BCUT2D eigenvalue weighted by molar-refractivity contribution is 7.90. The molecule has 0 spiro atoms. The third-order valence-corrected chi connectivity index (χ3v) is 12.0. The van der Waals surface area contributed by atoms with Gasteiger partial charge in [-0.3, -0.25) is 0 Å². The summed E-state index contributed by atoms with van der Waals surface area (Å²) in [6, 6.07) is -0.168. The lowest BCUT2D eigenvalue weighted by atomic mass is 9.63. The molecule has 2 saturated carbocycles. The third-order valence-electron chi connectivity index (χ3n) is 9.22. The Morgan fingerprint density at radius 1 is 0.814 bits per heavy atom. The van der Waals surface area contributed by atoms with Crippen molar-refractivity contribution in [2.75, 3.05) is 79.4 Å². The van der Waals surface area contributed by atoms with Gasteiger partial charge in [0, 0.05) is 43.5 Å². The first-order valence-corrected chi connectivity index (χ1v) is 18.8. The van der Waals surface area contributed by atoms with Crippen LogP contribution in [0.15, 0.2) is 0 Å². The minimum Gasteiger partial charge on any atom is -0.378 e. The number of hydrogen-bond donors (Lipinski definition) is 3. The largest absolute Gasteiger partial charge is 0.378 e. The summed E-state index contributed by atoms with van der Waals surface area (Å²) < 4.78 is 45.6. The van der Waals surface area contributed by atoms with Gasteiger partial charge in [0.2, 0.25) is 10.0 Å². The second-order valence-electron chi connectivity index (χ2n) is 12.5. The number of nitrogens with zero attached hydrogens (tertiary/aromatic N) is 1. The molecule has 0 bridgehead atoms. The van der Waals surface area contributed by atoms with Crippen LogP contribution in [0.1, 0.15) is 64.7 Å². The van der Waals surface area contributed by atoms with E-state index in [0.717, 1.165) is 58.0 Å². The molecule has 1 aliphatic heterocycles. The Balaban J connectivity index is 1.23. The molecule has 3 aliphatic rings. The van der Waals surface area contributed by atoms with Gasteiger partial charge in [-0.05, 0) is 62.8 Å². The van der Waals surface area contributed by atoms with E-state index in [-0.39, 0.29) is 28.6 Å². The molecular weight excluding hydrogens is 615 g/mol. The lowest BCUT2D eigenvalue weighted by molar-refractivity contribution is 0.0109. The highest BCUT2D eigenvalue weighted by Gasteiger charge is 2.47. The Morgan fingerprint density at radius 3 is 2.19 bits per heavy atom. The van der Waals surface area contributed by atoms with Gasteiger partial charge in [-0.1, -0.05) is 32.6 Å². The van der Waals surface area contributed by atoms with E-state index in [9.17, 15) is 13.2 Å². The molecular formula is C30H56Cl2N4O6S. The molecule has 6 unspecified atom stereocenters. The smallest absolute Gasteiger partial charge is 0.314 e. The van der Waals surface area contributed by atoms with Crippen molar-refractivity contribution in [2.24, 2.45) is 23.7 Å². The Kier molecular flexibility index (Phi) is 17.2. The van der Waals surface area contributed by atoms with Crippen molar-refractivity contribution in [1.29, 1.82) is 0 Å². The van der Waals surface area contributed by atoms with Crippen LogP contribution in [-0.2, 0) is 24.2 Å². The Morgan fingerprint density at radius 2 is 1.47 bits per heavy atom. The van der Waals surface area contributed by atoms with Gasteiger partial charge in [0.1, 0.15) is 0 Å². The molecule has 0 aromatic heterocycles. The number of carbonyl (C=O) groups is 1. The van der Waals surface area contributed by atoms with Crippen molar-refractivity contribution in [1.82, 2.24) is 20.3 Å². The minimum atomic E-state index is -3.42. The van der Waals surface area contributed by atoms with Crippen LogP contribution in [0.2, 0.25) is 0 Å². The summed E-state index contributed by atoms with van der Waals surface area (Å²) in [5.41, 5.74) is 0. The lowest BCUT2D eigenvalue weighted by Gasteiger charge is -2.51. The van der Waals surface area contributed by atoms with Crippen molar-refractivity contribution in [3.63, 3.8) is 0 Å². The first kappa shape index (κ1) is 37.1. The zero-order valence-corrected chi connectivity index (χ0v) is 28.6. The number of amides is 2. The molecule has 3 N–H and O–H groups in total. The van der Waals surface area contributed by atoms with Crippen LogP contribution >= 0.6 is 23.2 Å². The molecule has 1 saturated heterocycles. The molecule has 2 aliphatic carbocycles. The topological polar surface area (TPSA) is 118 Å². The maximum absolute atomic E-state index is 13.2. The van der Waals surface area contributed by atoms with Crippen molar-refractivity contribution in [3.8, 4) is 0 Å². The Hall–Kier alpha value is -0.400. The molecule has 7 atom stereocenters. The van der Waals surface area contributed by atoms with E-state index in [1.165, 1.54) is 0 Å². The van der Waals surface area contributed by atoms with Gasteiger partial charge in [0.05, 0.1) is 44.9 Å². The molecule has 3 fully saturated rings. The summed E-state index contributed by atoms with van der Waals surface area (Å²) in [5.74, 6) is 1.74. The minimum absolute atomic E-state index is 0.100. The van der Waals surface area contributed by atoms with Crippen LogP contribution in [-0.4, -0.2) is 115 Å². The monoisotopic (exact) mass is 670 g/mol. The number of alkyl halides is 2. The SMILES string of the molecule is CCCCCNC(=O)NCCOCCOCCOCCNS(=O)(=O)C1CCCC([C@@H]2CN(C)CC3C(Cl)CC(Cl)CC32)C1. The summed E-state index contributed by atoms with van der Waals surface area (Å²) in [4.78, 5) is 14.0. The maximum atomic E-state index is 13.2. The fourth-order valence-corrected chi connectivity index (χ4v) is 9.62. The molecule has 43 heavy (non-hydrogen) atoms. The van der Waals surface area contributed by atoms with Crippen molar-refractivity contribution >= 4 is 39.3 Å². The molecule has 13 heteroatoms. The molecule has 1 heterocycles. The summed E-state index contributed by atoms with van der Waals surface area (Å²) in [7, 11) is -1.26. The second-order valence-corrected chi connectivity index (χ2v) is 15.7. The average Bonchev–Trinajstić information content (AvgIpc) is 2.98.